The van der Waals surface area contributed by atoms with Crippen molar-refractivity contribution < 1.29 is 14.6 Å². The Kier molecular flexibility index (Phi) is 3.81. The number of alkyl carbamates (subject to hydrolysis) is 1. The second-order valence-electron chi connectivity index (χ2n) is 5.64. The highest BCUT2D eigenvalue weighted by Gasteiger charge is 2.15. The molecule has 1 aromatic heterocycles. The quantitative estimate of drug-likeness (QED) is 0.793. The standard InChI is InChI=1S/C14H17ClN2O3/c1-14(2,3)17-13(19)20-7-9-4-8-5-10(15)12(18)6-11(8)16-9/h4-6,16,18H,7H2,1-3H3,(H,17,19). The van der Waals surface area contributed by atoms with E-state index >= 15 is 0 Å². The van der Waals surface area contributed by atoms with Gasteiger partial charge in [-0.2, -0.15) is 0 Å². The van der Waals surface area contributed by atoms with Crippen LogP contribution in [0.15, 0.2) is 18.2 Å². The molecule has 5 nitrogen and oxygen atoms in total. The predicted octanol–water partition coefficient (Wildman–Crippen LogP) is 3.55. The van der Waals surface area contributed by atoms with Gasteiger partial charge in [0.25, 0.3) is 0 Å². The van der Waals surface area contributed by atoms with Crippen LogP contribution in [0.2, 0.25) is 5.02 Å². The molecule has 1 aromatic carbocycles. The molecule has 2 aromatic rings. The van der Waals surface area contributed by atoms with Gasteiger partial charge in [0, 0.05) is 22.5 Å². The van der Waals surface area contributed by atoms with Crippen LogP contribution in [0.5, 0.6) is 5.75 Å². The number of aromatic nitrogens is 1. The summed E-state index contributed by atoms with van der Waals surface area (Å²) in [5, 5.41) is 13.4. The number of ether oxygens (including phenoxy) is 1. The third kappa shape index (κ3) is 3.57. The van der Waals surface area contributed by atoms with Gasteiger partial charge in [0.1, 0.15) is 12.4 Å². The number of rotatable bonds is 2. The fraction of sp³-hybridized carbons (Fsp3) is 0.357. The second kappa shape index (κ2) is 5.25. The minimum Gasteiger partial charge on any atom is -0.506 e. The highest BCUT2D eigenvalue weighted by molar-refractivity contribution is 6.32. The number of hydrogen-bond donors (Lipinski definition) is 3. The van der Waals surface area contributed by atoms with Crippen molar-refractivity contribution in [3.8, 4) is 5.75 Å². The Balaban J connectivity index is 2.05. The Morgan fingerprint density at radius 3 is 2.75 bits per heavy atom. The summed E-state index contributed by atoms with van der Waals surface area (Å²) in [5.74, 6) is 0.0129. The first-order valence-corrected chi connectivity index (χ1v) is 6.57. The molecule has 0 bridgehead atoms. The van der Waals surface area contributed by atoms with Crippen molar-refractivity contribution in [2.45, 2.75) is 32.9 Å². The molecule has 0 aliphatic heterocycles. The summed E-state index contributed by atoms with van der Waals surface area (Å²) in [7, 11) is 0. The molecule has 0 unspecified atom stereocenters. The average molecular weight is 297 g/mol. The molecular weight excluding hydrogens is 280 g/mol. The van der Waals surface area contributed by atoms with Gasteiger partial charge >= 0.3 is 6.09 Å². The monoisotopic (exact) mass is 296 g/mol. The number of nitrogens with one attached hydrogen (secondary N) is 2. The Labute approximate surface area is 121 Å². The normalized spacial score (nSPS) is 11.6. The molecule has 0 saturated carbocycles. The number of hydrogen-bond acceptors (Lipinski definition) is 3. The minimum atomic E-state index is -0.475. The highest BCUT2D eigenvalue weighted by Crippen LogP contribution is 2.29. The first-order chi connectivity index (χ1) is 9.24. The van der Waals surface area contributed by atoms with E-state index < -0.39 is 6.09 Å². The van der Waals surface area contributed by atoms with Gasteiger partial charge in [-0.1, -0.05) is 11.6 Å². The van der Waals surface area contributed by atoms with Crippen LogP contribution in [0.1, 0.15) is 26.5 Å². The summed E-state index contributed by atoms with van der Waals surface area (Å²) in [6.45, 7) is 5.75. The lowest BCUT2D eigenvalue weighted by atomic mass is 10.1. The maximum absolute atomic E-state index is 11.5. The number of benzene rings is 1. The molecule has 3 N–H and O–H groups in total. The van der Waals surface area contributed by atoms with Crippen molar-refractivity contribution in [1.82, 2.24) is 10.3 Å². The summed E-state index contributed by atoms with van der Waals surface area (Å²) in [6.07, 6.45) is -0.475. The van der Waals surface area contributed by atoms with Crippen LogP contribution in [0.3, 0.4) is 0 Å². The maximum Gasteiger partial charge on any atom is 0.407 e. The van der Waals surface area contributed by atoms with Crippen molar-refractivity contribution >= 4 is 28.6 Å². The smallest absolute Gasteiger partial charge is 0.407 e. The van der Waals surface area contributed by atoms with Crippen molar-refractivity contribution in [1.29, 1.82) is 0 Å². The zero-order chi connectivity index (χ0) is 14.9. The number of phenolic OH excluding ortho intramolecular Hbond substituents is 1. The summed E-state index contributed by atoms with van der Waals surface area (Å²) >= 11 is 5.84. The third-order valence-corrected chi connectivity index (χ3v) is 2.88. The molecule has 2 rings (SSSR count). The largest absolute Gasteiger partial charge is 0.506 e. The fourth-order valence-electron chi connectivity index (χ4n) is 1.76. The second-order valence-corrected chi connectivity index (χ2v) is 6.04. The van der Waals surface area contributed by atoms with E-state index in [1.54, 1.807) is 6.07 Å². The van der Waals surface area contributed by atoms with E-state index in [1.165, 1.54) is 6.07 Å². The molecule has 20 heavy (non-hydrogen) atoms. The van der Waals surface area contributed by atoms with E-state index in [4.69, 9.17) is 16.3 Å². The van der Waals surface area contributed by atoms with E-state index in [9.17, 15) is 9.90 Å². The SMILES string of the molecule is CC(C)(C)NC(=O)OCc1cc2cc(Cl)c(O)cc2[nH]1. The highest BCUT2D eigenvalue weighted by atomic mass is 35.5. The van der Waals surface area contributed by atoms with Crippen molar-refractivity contribution in [2.75, 3.05) is 0 Å². The van der Waals surface area contributed by atoms with Crippen LogP contribution >= 0.6 is 11.6 Å². The zero-order valence-corrected chi connectivity index (χ0v) is 12.3. The fourth-order valence-corrected chi connectivity index (χ4v) is 1.94. The van der Waals surface area contributed by atoms with Gasteiger partial charge in [-0.25, -0.2) is 4.79 Å². The minimum absolute atomic E-state index is 0.0129. The first-order valence-electron chi connectivity index (χ1n) is 6.20. The lowest BCUT2D eigenvalue weighted by Gasteiger charge is -2.19. The van der Waals surface area contributed by atoms with E-state index in [0.29, 0.717) is 0 Å². The number of H-pyrrole nitrogens is 1. The van der Waals surface area contributed by atoms with Crippen LogP contribution < -0.4 is 5.32 Å². The van der Waals surface area contributed by atoms with Gasteiger partial charge in [-0.3, -0.25) is 0 Å². The number of carbonyl (C=O) groups excluding carboxylic acids is 1. The van der Waals surface area contributed by atoms with Crippen LogP contribution in [0.25, 0.3) is 10.9 Å². The molecule has 0 radical (unpaired) electrons. The number of fused-ring (bicyclic) bond motifs is 1. The number of amides is 1. The number of phenols is 1. The van der Waals surface area contributed by atoms with Gasteiger partial charge in [-0.05, 0) is 32.9 Å². The summed E-state index contributed by atoms with van der Waals surface area (Å²) in [5.41, 5.74) is 1.13. The Bertz CT molecular complexity index is 605. The van der Waals surface area contributed by atoms with E-state index in [0.717, 1.165) is 16.6 Å². The van der Waals surface area contributed by atoms with Gasteiger partial charge in [0.05, 0.1) is 10.7 Å². The molecule has 1 heterocycles. The number of carbonyl (C=O) groups is 1. The van der Waals surface area contributed by atoms with E-state index in [-0.39, 0.29) is 22.9 Å². The molecule has 0 saturated heterocycles. The van der Waals surface area contributed by atoms with Gasteiger partial charge < -0.3 is 20.1 Å². The van der Waals surface area contributed by atoms with Crippen LogP contribution in [0, 0.1) is 0 Å². The van der Waals surface area contributed by atoms with Crippen LogP contribution in [-0.2, 0) is 11.3 Å². The van der Waals surface area contributed by atoms with Crippen molar-refractivity contribution in [3.63, 3.8) is 0 Å². The number of halogens is 1. The van der Waals surface area contributed by atoms with Gasteiger partial charge in [0.2, 0.25) is 0 Å². The molecule has 0 aliphatic rings. The molecular formula is C14H17ClN2O3. The average Bonchev–Trinajstić information content (AvgIpc) is 2.67. The maximum atomic E-state index is 11.5. The Morgan fingerprint density at radius 2 is 2.10 bits per heavy atom. The van der Waals surface area contributed by atoms with Crippen LogP contribution in [-0.4, -0.2) is 21.7 Å². The lowest BCUT2D eigenvalue weighted by molar-refractivity contribution is 0.130. The molecule has 0 fully saturated rings. The molecule has 6 heteroatoms. The summed E-state index contributed by atoms with van der Waals surface area (Å²) in [6, 6.07) is 5.02. The molecule has 0 atom stereocenters. The van der Waals surface area contributed by atoms with E-state index in [1.807, 2.05) is 26.8 Å². The van der Waals surface area contributed by atoms with Crippen LogP contribution in [0.4, 0.5) is 4.79 Å². The van der Waals surface area contributed by atoms with Gasteiger partial charge in [-0.15, -0.1) is 0 Å². The Hall–Kier alpha value is -1.88. The van der Waals surface area contributed by atoms with Crippen molar-refractivity contribution in [2.24, 2.45) is 0 Å². The number of aromatic amines is 1. The topological polar surface area (TPSA) is 74.3 Å². The first kappa shape index (κ1) is 14.5. The lowest BCUT2D eigenvalue weighted by Crippen LogP contribution is -2.40. The molecule has 0 spiro atoms. The number of aromatic hydroxyl groups is 1. The summed E-state index contributed by atoms with van der Waals surface area (Å²) in [4.78, 5) is 14.6. The zero-order valence-electron chi connectivity index (χ0n) is 11.6. The van der Waals surface area contributed by atoms with Gasteiger partial charge in [0.15, 0.2) is 0 Å². The third-order valence-electron chi connectivity index (χ3n) is 2.58. The Morgan fingerprint density at radius 1 is 1.40 bits per heavy atom. The molecule has 108 valence electrons. The molecule has 1 amide bonds. The summed E-state index contributed by atoms with van der Waals surface area (Å²) < 4.78 is 5.12. The predicted molar refractivity (Wildman–Crippen MR) is 78.0 cm³/mol. The van der Waals surface area contributed by atoms with E-state index in [2.05, 4.69) is 10.3 Å². The molecule has 0 aliphatic carbocycles. The van der Waals surface area contributed by atoms with Crippen molar-refractivity contribution in [3.05, 3.63) is 28.9 Å².